The third kappa shape index (κ3) is 4.71. The van der Waals surface area contributed by atoms with Crippen LogP contribution in [0.15, 0.2) is 29.2 Å². The monoisotopic (exact) mass is 330 g/mol. The summed E-state index contributed by atoms with van der Waals surface area (Å²) in [6, 6.07) is 6.64. The number of nitrogens with one attached hydrogen (secondary N) is 1. The number of benzene rings is 1. The van der Waals surface area contributed by atoms with Gasteiger partial charge in [-0.15, -0.1) is 0 Å². The molecule has 3 N–H and O–H groups in total. The highest BCUT2D eigenvalue weighted by Crippen LogP contribution is 2.30. The molecule has 0 bridgehead atoms. The van der Waals surface area contributed by atoms with Crippen molar-refractivity contribution in [2.75, 3.05) is 12.8 Å². The first-order chi connectivity index (χ1) is 9.80. The summed E-state index contributed by atoms with van der Waals surface area (Å²) in [5, 5.41) is 0. The summed E-state index contributed by atoms with van der Waals surface area (Å²) in [6.45, 7) is 6.45. The van der Waals surface area contributed by atoms with Gasteiger partial charge in [0.05, 0.1) is 4.90 Å². The lowest BCUT2D eigenvalue weighted by atomic mass is 10.0. The Morgan fingerprint density at radius 3 is 2.43 bits per heavy atom. The molecule has 0 radical (unpaired) electrons. The van der Waals surface area contributed by atoms with Gasteiger partial charge < -0.3 is 5.73 Å². The molecule has 0 aliphatic heterocycles. The van der Waals surface area contributed by atoms with Gasteiger partial charge in [-0.05, 0) is 43.7 Å². The predicted molar refractivity (Wildman–Crippen MR) is 91.1 cm³/mol. The van der Waals surface area contributed by atoms with Gasteiger partial charge in [-0.3, -0.25) is 0 Å². The second-order valence-electron chi connectivity index (χ2n) is 5.28. The van der Waals surface area contributed by atoms with E-state index in [9.17, 15) is 8.42 Å². The zero-order valence-corrected chi connectivity index (χ0v) is 14.9. The Morgan fingerprint density at radius 2 is 1.95 bits per heavy atom. The minimum absolute atomic E-state index is 0.0498. The fourth-order valence-corrected chi connectivity index (χ4v) is 4.20. The van der Waals surface area contributed by atoms with Gasteiger partial charge in [0.25, 0.3) is 0 Å². The Morgan fingerprint density at radius 1 is 1.33 bits per heavy atom. The molecule has 4 nitrogen and oxygen atoms in total. The highest BCUT2D eigenvalue weighted by molar-refractivity contribution is 8.00. The summed E-state index contributed by atoms with van der Waals surface area (Å²) in [6.07, 6.45) is 3.87. The van der Waals surface area contributed by atoms with E-state index in [1.165, 1.54) is 0 Å². The molecule has 0 saturated carbocycles. The molecule has 1 rings (SSSR count). The summed E-state index contributed by atoms with van der Waals surface area (Å²) in [5.41, 5.74) is 6.63. The average Bonchev–Trinajstić information content (AvgIpc) is 2.49. The maximum atomic E-state index is 12.4. The number of sulfonamides is 1. The van der Waals surface area contributed by atoms with E-state index in [0.717, 1.165) is 18.4 Å². The SMILES string of the molecule is CCC(CC)(CNS(=O)(=O)c1cccc(C(C)N)c1)SC. The van der Waals surface area contributed by atoms with Crippen LogP contribution < -0.4 is 10.5 Å². The van der Waals surface area contributed by atoms with Gasteiger partial charge in [0.2, 0.25) is 10.0 Å². The Hall–Kier alpha value is -0.560. The van der Waals surface area contributed by atoms with Gasteiger partial charge in [-0.25, -0.2) is 13.1 Å². The predicted octanol–water partition coefficient (Wildman–Crippen LogP) is 2.91. The summed E-state index contributed by atoms with van der Waals surface area (Å²) in [4.78, 5) is 0.277. The van der Waals surface area contributed by atoms with Crippen molar-refractivity contribution in [3.8, 4) is 0 Å². The van der Waals surface area contributed by atoms with E-state index in [4.69, 9.17) is 5.73 Å². The zero-order chi connectivity index (χ0) is 16.1. The molecule has 120 valence electrons. The molecule has 0 fully saturated rings. The van der Waals surface area contributed by atoms with Crippen molar-refractivity contribution in [3.05, 3.63) is 29.8 Å². The molecule has 1 aromatic carbocycles. The maximum absolute atomic E-state index is 12.4. The first kappa shape index (κ1) is 18.5. The van der Waals surface area contributed by atoms with Crippen molar-refractivity contribution in [1.29, 1.82) is 0 Å². The smallest absolute Gasteiger partial charge is 0.240 e. The number of nitrogens with two attached hydrogens (primary N) is 1. The minimum Gasteiger partial charge on any atom is -0.324 e. The molecule has 21 heavy (non-hydrogen) atoms. The molecule has 6 heteroatoms. The lowest BCUT2D eigenvalue weighted by molar-refractivity contribution is 0.522. The van der Waals surface area contributed by atoms with Crippen molar-refractivity contribution < 1.29 is 8.42 Å². The van der Waals surface area contributed by atoms with Gasteiger partial charge in [-0.2, -0.15) is 11.8 Å². The van der Waals surface area contributed by atoms with Crippen molar-refractivity contribution in [3.63, 3.8) is 0 Å². The number of thioether (sulfide) groups is 1. The van der Waals surface area contributed by atoms with Crippen molar-refractivity contribution >= 4 is 21.8 Å². The van der Waals surface area contributed by atoms with Crippen LogP contribution in [-0.4, -0.2) is 26.0 Å². The minimum atomic E-state index is -3.50. The quantitative estimate of drug-likeness (QED) is 0.769. The molecule has 1 unspecified atom stereocenters. The molecule has 0 saturated heterocycles. The number of hydrogen-bond donors (Lipinski definition) is 2. The van der Waals surface area contributed by atoms with Crippen molar-refractivity contribution in [2.45, 2.75) is 49.3 Å². The zero-order valence-electron chi connectivity index (χ0n) is 13.2. The first-order valence-electron chi connectivity index (χ1n) is 7.20. The lowest BCUT2D eigenvalue weighted by Gasteiger charge is -2.29. The third-order valence-electron chi connectivity index (χ3n) is 4.00. The van der Waals surface area contributed by atoms with Crippen LogP contribution in [0.5, 0.6) is 0 Å². The van der Waals surface area contributed by atoms with Crippen LogP contribution >= 0.6 is 11.8 Å². The molecular formula is C15H26N2O2S2. The molecule has 0 aliphatic rings. The third-order valence-corrected chi connectivity index (χ3v) is 6.99. The van der Waals surface area contributed by atoms with E-state index in [1.54, 1.807) is 30.0 Å². The van der Waals surface area contributed by atoms with Crippen LogP contribution in [-0.2, 0) is 10.0 Å². The van der Waals surface area contributed by atoms with Gasteiger partial charge in [0, 0.05) is 17.3 Å². The van der Waals surface area contributed by atoms with Crippen LogP contribution in [0.25, 0.3) is 0 Å². The fourth-order valence-electron chi connectivity index (χ4n) is 2.14. The largest absolute Gasteiger partial charge is 0.324 e. The topological polar surface area (TPSA) is 72.2 Å². The van der Waals surface area contributed by atoms with Crippen LogP contribution in [0.2, 0.25) is 0 Å². The Labute approximate surface area is 132 Å². The fraction of sp³-hybridized carbons (Fsp3) is 0.600. The van der Waals surface area contributed by atoms with Gasteiger partial charge in [0.15, 0.2) is 0 Å². The van der Waals surface area contributed by atoms with E-state index in [0.29, 0.717) is 6.54 Å². The molecule has 0 amide bonds. The summed E-state index contributed by atoms with van der Waals surface area (Å²) in [7, 11) is -3.50. The number of hydrogen-bond acceptors (Lipinski definition) is 4. The first-order valence-corrected chi connectivity index (χ1v) is 9.91. The second kappa shape index (κ2) is 7.63. The van der Waals surface area contributed by atoms with Gasteiger partial charge >= 0.3 is 0 Å². The van der Waals surface area contributed by atoms with E-state index >= 15 is 0 Å². The van der Waals surface area contributed by atoms with Crippen LogP contribution in [0.1, 0.15) is 45.2 Å². The Kier molecular flexibility index (Phi) is 6.71. The molecule has 0 aromatic heterocycles. The Bertz CT molecular complexity index is 544. The van der Waals surface area contributed by atoms with Crippen LogP contribution in [0.4, 0.5) is 0 Å². The lowest BCUT2D eigenvalue weighted by Crippen LogP contribution is -2.39. The highest BCUT2D eigenvalue weighted by Gasteiger charge is 2.27. The molecule has 0 spiro atoms. The summed E-state index contributed by atoms with van der Waals surface area (Å²) in [5.74, 6) is 0. The van der Waals surface area contributed by atoms with Gasteiger partial charge in [-0.1, -0.05) is 26.0 Å². The second-order valence-corrected chi connectivity index (χ2v) is 8.32. The van der Waals surface area contributed by atoms with E-state index in [1.807, 2.05) is 19.2 Å². The Balaban J connectivity index is 2.94. The standard InChI is InChI=1S/C15H26N2O2S2/c1-5-15(6-2,20-4)11-17-21(18,19)14-9-7-8-13(10-14)12(3)16/h7-10,12,17H,5-6,11,16H2,1-4H3. The summed E-state index contributed by atoms with van der Waals surface area (Å²) >= 11 is 1.71. The van der Waals surface area contributed by atoms with E-state index in [-0.39, 0.29) is 15.7 Å². The maximum Gasteiger partial charge on any atom is 0.240 e. The normalized spacial score (nSPS) is 14.1. The highest BCUT2D eigenvalue weighted by atomic mass is 32.2. The van der Waals surface area contributed by atoms with Crippen LogP contribution in [0.3, 0.4) is 0 Å². The van der Waals surface area contributed by atoms with Crippen molar-refractivity contribution in [2.24, 2.45) is 5.73 Å². The molecule has 1 aromatic rings. The molecule has 0 heterocycles. The van der Waals surface area contributed by atoms with E-state index < -0.39 is 10.0 Å². The van der Waals surface area contributed by atoms with Crippen molar-refractivity contribution in [1.82, 2.24) is 4.72 Å². The van der Waals surface area contributed by atoms with Gasteiger partial charge in [0.1, 0.15) is 0 Å². The van der Waals surface area contributed by atoms with E-state index in [2.05, 4.69) is 18.6 Å². The summed E-state index contributed by atoms with van der Waals surface area (Å²) < 4.78 is 27.6. The number of rotatable bonds is 8. The average molecular weight is 331 g/mol. The molecule has 0 aliphatic carbocycles. The molecule has 1 atom stereocenters. The van der Waals surface area contributed by atoms with Crippen LogP contribution in [0, 0.1) is 0 Å². The molecular weight excluding hydrogens is 304 g/mol.